The van der Waals surface area contributed by atoms with Gasteiger partial charge in [-0.05, 0) is 23.0 Å². The van der Waals surface area contributed by atoms with Crippen LogP contribution in [0.15, 0.2) is 24.3 Å². The van der Waals surface area contributed by atoms with E-state index >= 15 is 0 Å². The summed E-state index contributed by atoms with van der Waals surface area (Å²) in [4.78, 5) is 0. The zero-order chi connectivity index (χ0) is 13.5. The van der Waals surface area contributed by atoms with Crippen LogP contribution < -0.4 is 0 Å². The van der Waals surface area contributed by atoms with E-state index in [0.717, 1.165) is 18.4 Å². The Hall–Kier alpha value is -0.820. The molecular formula is C16H28O. The molecule has 1 N–H and O–H groups in total. The summed E-state index contributed by atoms with van der Waals surface area (Å²) in [5, 5.41) is 9.81. The predicted octanol–water partition coefficient (Wildman–Crippen LogP) is 4.84. The second kappa shape index (κ2) is 7.50. The van der Waals surface area contributed by atoms with Crippen molar-refractivity contribution in [3.63, 3.8) is 0 Å². The van der Waals surface area contributed by atoms with Crippen molar-refractivity contribution in [2.24, 2.45) is 0 Å². The Morgan fingerprint density at radius 2 is 1.53 bits per heavy atom. The number of benzene rings is 1. The molecule has 0 aromatic heterocycles. The molecule has 0 heterocycles. The van der Waals surface area contributed by atoms with Gasteiger partial charge in [0, 0.05) is 0 Å². The van der Waals surface area contributed by atoms with Crippen molar-refractivity contribution >= 4 is 0 Å². The molecule has 1 aromatic carbocycles. The summed E-state index contributed by atoms with van der Waals surface area (Å²) >= 11 is 0. The predicted molar refractivity (Wildman–Crippen MR) is 76.4 cm³/mol. The molecular weight excluding hydrogens is 208 g/mol. The molecule has 1 aromatic rings. The van der Waals surface area contributed by atoms with Crippen LogP contribution in [0.25, 0.3) is 0 Å². The van der Waals surface area contributed by atoms with Gasteiger partial charge < -0.3 is 5.11 Å². The maximum atomic E-state index is 9.81. The third-order valence-corrected chi connectivity index (χ3v) is 2.72. The van der Waals surface area contributed by atoms with Crippen LogP contribution in [-0.2, 0) is 5.41 Å². The molecule has 0 aliphatic heterocycles. The highest BCUT2D eigenvalue weighted by Gasteiger charge is 2.14. The average molecular weight is 236 g/mol. The Bertz CT molecular complexity index is 292. The number of hydrogen-bond acceptors (Lipinski definition) is 1. The van der Waals surface area contributed by atoms with Crippen molar-refractivity contribution in [2.45, 2.75) is 65.9 Å². The Morgan fingerprint density at radius 3 is 1.88 bits per heavy atom. The maximum absolute atomic E-state index is 9.81. The highest BCUT2D eigenvalue weighted by molar-refractivity contribution is 5.28. The van der Waals surface area contributed by atoms with Crippen LogP contribution in [0, 0.1) is 0 Å². The van der Waals surface area contributed by atoms with Gasteiger partial charge in [-0.3, -0.25) is 0 Å². The lowest BCUT2D eigenvalue weighted by molar-refractivity contribution is 0.166. The molecule has 0 aliphatic carbocycles. The molecule has 17 heavy (non-hydrogen) atoms. The first kappa shape index (κ1) is 16.2. The minimum absolute atomic E-state index is 0.189. The van der Waals surface area contributed by atoms with Crippen LogP contribution >= 0.6 is 0 Å². The minimum atomic E-state index is -0.302. The normalized spacial score (nSPS) is 12.6. The average Bonchev–Trinajstić information content (AvgIpc) is 2.31. The zero-order valence-electron chi connectivity index (χ0n) is 12.2. The molecule has 98 valence electrons. The fourth-order valence-electron chi connectivity index (χ4n) is 1.65. The lowest BCUT2D eigenvalue weighted by Gasteiger charge is -2.20. The number of aliphatic hydroxyl groups is 1. The van der Waals surface area contributed by atoms with E-state index in [0.29, 0.717) is 0 Å². The molecule has 1 rings (SSSR count). The van der Waals surface area contributed by atoms with Crippen molar-refractivity contribution < 1.29 is 5.11 Å². The molecule has 0 bridgehead atoms. The summed E-state index contributed by atoms with van der Waals surface area (Å²) in [6.07, 6.45) is 1.56. The second-order valence-corrected chi connectivity index (χ2v) is 5.18. The van der Waals surface area contributed by atoms with Gasteiger partial charge in [-0.1, -0.05) is 72.2 Å². The third-order valence-electron chi connectivity index (χ3n) is 2.72. The van der Waals surface area contributed by atoms with Gasteiger partial charge in [0.05, 0.1) is 6.10 Å². The van der Waals surface area contributed by atoms with Crippen molar-refractivity contribution in [1.29, 1.82) is 0 Å². The lowest BCUT2D eigenvalue weighted by atomic mass is 9.86. The summed E-state index contributed by atoms with van der Waals surface area (Å²) in [6.45, 7) is 12.7. The van der Waals surface area contributed by atoms with Crippen LogP contribution in [-0.4, -0.2) is 5.11 Å². The molecule has 1 heteroatoms. The fourth-order valence-corrected chi connectivity index (χ4v) is 1.65. The monoisotopic (exact) mass is 236 g/mol. The fraction of sp³-hybridized carbons (Fsp3) is 0.625. The van der Waals surface area contributed by atoms with Gasteiger partial charge in [0.15, 0.2) is 0 Å². The van der Waals surface area contributed by atoms with E-state index in [9.17, 15) is 5.11 Å². The van der Waals surface area contributed by atoms with Crippen molar-refractivity contribution in [3.8, 4) is 0 Å². The van der Waals surface area contributed by atoms with Crippen LogP contribution in [0.2, 0.25) is 0 Å². The van der Waals surface area contributed by atoms with Gasteiger partial charge in [-0.15, -0.1) is 0 Å². The van der Waals surface area contributed by atoms with E-state index < -0.39 is 0 Å². The summed E-state index contributed by atoms with van der Waals surface area (Å²) < 4.78 is 0. The van der Waals surface area contributed by atoms with Crippen LogP contribution in [0.1, 0.15) is 71.6 Å². The standard InChI is InChI=1S/C14H22O.C2H6/c1-5-6-13(15)11-7-9-12(10-8-11)14(2,3)4;1-2/h7-10,13,15H,5-6H2,1-4H3;1-2H3. The topological polar surface area (TPSA) is 20.2 Å². The molecule has 0 aliphatic rings. The molecule has 0 fully saturated rings. The summed E-state index contributed by atoms with van der Waals surface area (Å²) in [6, 6.07) is 8.32. The van der Waals surface area contributed by atoms with Crippen molar-refractivity contribution in [3.05, 3.63) is 35.4 Å². The van der Waals surface area contributed by atoms with E-state index in [1.165, 1.54) is 5.56 Å². The molecule has 0 saturated carbocycles. The minimum Gasteiger partial charge on any atom is -0.388 e. The smallest absolute Gasteiger partial charge is 0.0790 e. The van der Waals surface area contributed by atoms with Crippen molar-refractivity contribution in [1.82, 2.24) is 0 Å². The number of hydrogen-bond donors (Lipinski definition) is 1. The van der Waals surface area contributed by atoms with E-state index in [4.69, 9.17) is 0 Å². The van der Waals surface area contributed by atoms with E-state index in [1.807, 2.05) is 26.0 Å². The SMILES string of the molecule is CC.CCCC(O)c1ccc(C(C)(C)C)cc1. The molecule has 0 saturated heterocycles. The van der Waals surface area contributed by atoms with Gasteiger partial charge in [0.2, 0.25) is 0 Å². The molecule has 0 radical (unpaired) electrons. The van der Waals surface area contributed by atoms with Crippen LogP contribution in [0.3, 0.4) is 0 Å². The summed E-state index contributed by atoms with van der Waals surface area (Å²) in [7, 11) is 0. The largest absolute Gasteiger partial charge is 0.388 e. The number of rotatable bonds is 3. The highest BCUT2D eigenvalue weighted by atomic mass is 16.3. The number of aliphatic hydroxyl groups excluding tert-OH is 1. The van der Waals surface area contributed by atoms with Gasteiger partial charge in [-0.2, -0.15) is 0 Å². The quantitative estimate of drug-likeness (QED) is 0.796. The molecule has 0 spiro atoms. The summed E-state index contributed by atoms with van der Waals surface area (Å²) in [5.41, 5.74) is 2.54. The molecule has 1 unspecified atom stereocenters. The maximum Gasteiger partial charge on any atom is 0.0790 e. The van der Waals surface area contributed by atoms with E-state index in [1.54, 1.807) is 0 Å². The van der Waals surface area contributed by atoms with Gasteiger partial charge in [0.25, 0.3) is 0 Å². The Morgan fingerprint density at radius 1 is 1.06 bits per heavy atom. The van der Waals surface area contributed by atoms with Crippen LogP contribution in [0.5, 0.6) is 0 Å². The van der Waals surface area contributed by atoms with Gasteiger partial charge in [0.1, 0.15) is 0 Å². The zero-order valence-corrected chi connectivity index (χ0v) is 12.2. The van der Waals surface area contributed by atoms with Gasteiger partial charge >= 0.3 is 0 Å². The Balaban J connectivity index is 0.00000121. The molecule has 0 amide bonds. The molecule has 1 atom stereocenters. The first-order valence-electron chi connectivity index (χ1n) is 6.73. The van der Waals surface area contributed by atoms with Crippen molar-refractivity contribution in [2.75, 3.05) is 0 Å². The van der Waals surface area contributed by atoms with E-state index in [2.05, 4.69) is 39.8 Å². The van der Waals surface area contributed by atoms with Gasteiger partial charge in [-0.25, -0.2) is 0 Å². The second-order valence-electron chi connectivity index (χ2n) is 5.18. The Kier molecular flexibility index (Phi) is 7.13. The first-order chi connectivity index (χ1) is 7.95. The summed E-state index contributed by atoms with van der Waals surface area (Å²) in [5.74, 6) is 0. The van der Waals surface area contributed by atoms with E-state index in [-0.39, 0.29) is 11.5 Å². The Labute approximate surface area is 107 Å². The first-order valence-corrected chi connectivity index (χ1v) is 6.73. The molecule has 1 nitrogen and oxygen atoms in total. The van der Waals surface area contributed by atoms with Crippen LogP contribution in [0.4, 0.5) is 0 Å². The lowest BCUT2D eigenvalue weighted by Crippen LogP contribution is -2.11. The third kappa shape index (κ3) is 5.36. The highest BCUT2D eigenvalue weighted by Crippen LogP contribution is 2.25.